The Morgan fingerprint density at radius 3 is 2.43 bits per heavy atom. The van der Waals surface area contributed by atoms with Crippen LogP contribution in [0.3, 0.4) is 0 Å². The normalized spacial score (nSPS) is 17.6. The number of urea groups is 1. The molecule has 0 unspecified atom stereocenters. The van der Waals surface area contributed by atoms with Crippen LogP contribution in [0.5, 0.6) is 0 Å². The number of rotatable bonds is 2. The lowest BCUT2D eigenvalue weighted by atomic mass is 9.95. The minimum absolute atomic E-state index is 0.0167. The summed E-state index contributed by atoms with van der Waals surface area (Å²) < 4.78 is 0. The Hall–Kier alpha value is -2.47. The van der Waals surface area contributed by atoms with Gasteiger partial charge in [0.05, 0.1) is 5.69 Å². The molecule has 2 heterocycles. The van der Waals surface area contributed by atoms with E-state index < -0.39 is 0 Å². The number of carbonyl (C=O) groups is 2. The van der Waals surface area contributed by atoms with Crippen LogP contribution in [0.1, 0.15) is 19.3 Å². The second kappa shape index (κ2) is 8.69. The molecule has 1 saturated heterocycles. The molecule has 1 N–H and O–H groups in total. The molecule has 2 aliphatic heterocycles. The molecule has 0 atom stereocenters. The zero-order valence-electron chi connectivity index (χ0n) is 15.8. The van der Waals surface area contributed by atoms with Crippen molar-refractivity contribution in [1.29, 1.82) is 0 Å². The number of hydrogen-bond donors (Lipinski definition) is 1. The van der Waals surface area contributed by atoms with Gasteiger partial charge in [0.25, 0.3) is 0 Å². The molecule has 2 aromatic carbocycles. The highest BCUT2D eigenvalue weighted by atomic mass is 32.2. The average molecular weight is 396 g/mol. The van der Waals surface area contributed by atoms with Gasteiger partial charge < -0.3 is 15.1 Å². The Balaban J connectivity index is 1.37. The molecule has 3 amide bonds. The number of nitrogens with zero attached hydrogens (tertiary/aromatic N) is 2. The Kier molecular flexibility index (Phi) is 5.86. The minimum Gasteiger partial charge on any atom is -0.324 e. The number of hydrogen-bond acceptors (Lipinski definition) is 3. The van der Waals surface area contributed by atoms with Gasteiger partial charge in [0.1, 0.15) is 0 Å². The average Bonchev–Trinajstić information content (AvgIpc) is 2.97. The second-order valence-corrected chi connectivity index (χ2v) is 8.35. The molecule has 0 bridgehead atoms. The smallest absolute Gasteiger partial charge is 0.321 e. The van der Waals surface area contributed by atoms with E-state index in [0.717, 1.165) is 30.1 Å². The van der Waals surface area contributed by atoms with Crippen LogP contribution in [-0.4, -0.2) is 42.2 Å². The number of amides is 3. The number of nitrogens with one attached hydrogen (secondary N) is 1. The SMILES string of the molecule is O=C(Nc1ccccc1)N1CCC(C(=O)N2CCCSc3ccccc32)CC1. The first kappa shape index (κ1) is 18.9. The molecule has 28 heavy (non-hydrogen) atoms. The van der Waals surface area contributed by atoms with Crippen LogP contribution in [0.25, 0.3) is 0 Å². The summed E-state index contributed by atoms with van der Waals surface area (Å²) in [4.78, 5) is 30.7. The van der Waals surface area contributed by atoms with Gasteiger partial charge in [0.15, 0.2) is 0 Å². The van der Waals surface area contributed by atoms with E-state index in [1.165, 1.54) is 4.90 Å². The highest BCUT2D eigenvalue weighted by Crippen LogP contribution is 2.35. The molecule has 2 aliphatic rings. The van der Waals surface area contributed by atoms with Gasteiger partial charge in [-0.3, -0.25) is 4.79 Å². The van der Waals surface area contributed by atoms with E-state index in [2.05, 4.69) is 11.4 Å². The highest BCUT2D eigenvalue weighted by molar-refractivity contribution is 7.99. The van der Waals surface area contributed by atoms with Gasteiger partial charge in [-0.15, -0.1) is 11.8 Å². The van der Waals surface area contributed by atoms with Crippen LogP contribution in [0, 0.1) is 5.92 Å². The summed E-state index contributed by atoms with van der Waals surface area (Å²) >= 11 is 1.83. The van der Waals surface area contributed by atoms with Crippen LogP contribution in [0.15, 0.2) is 59.5 Å². The Bertz CT molecular complexity index is 835. The summed E-state index contributed by atoms with van der Waals surface area (Å²) in [6.45, 7) is 2.00. The lowest BCUT2D eigenvalue weighted by molar-refractivity contribution is -0.123. The number of thioether (sulfide) groups is 1. The zero-order chi connectivity index (χ0) is 19.3. The second-order valence-electron chi connectivity index (χ2n) is 7.22. The number of carbonyl (C=O) groups excluding carboxylic acids is 2. The maximum absolute atomic E-state index is 13.2. The van der Waals surface area contributed by atoms with E-state index in [4.69, 9.17) is 0 Å². The molecule has 2 aromatic rings. The molecule has 6 heteroatoms. The highest BCUT2D eigenvalue weighted by Gasteiger charge is 2.32. The van der Waals surface area contributed by atoms with Gasteiger partial charge in [-0.1, -0.05) is 30.3 Å². The van der Waals surface area contributed by atoms with Crippen LogP contribution >= 0.6 is 11.8 Å². The number of fused-ring (bicyclic) bond motifs is 1. The predicted octanol–water partition coefficient (Wildman–Crippen LogP) is 4.46. The third-order valence-electron chi connectivity index (χ3n) is 5.36. The van der Waals surface area contributed by atoms with E-state index in [0.29, 0.717) is 25.9 Å². The maximum Gasteiger partial charge on any atom is 0.321 e. The van der Waals surface area contributed by atoms with E-state index in [9.17, 15) is 9.59 Å². The van der Waals surface area contributed by atoms with E-state index >= 15 is 0 Å². The van der Waals surface area contributed by atoms with Crippen LogP contribution in [0.4, 0.5) is 16.2 Å². The van der Waals surface area contributed by atoms with Crippen molar-refractivity contribution >= 4 is 35.1 Å². The van der Waals surface area contributed by atoms with E-state index in [1.54, 1.807) is 0 Å². The van der Waals surface area contributed by atoms with Crippen molar-refractivity contribution in [2.45, 2.75) is 24.2 Å². The molecule has 0 aromatic heterocycles. The summed E-state index contributed by atoms with van der Waals surface area (Å²) in [6.07, 6.45) is 2.43. The molecule has 0 aliphatic carbocycles. The van der Waals surface area contributed by atoms with E-state index in [-0.39, 0.29) is 17.9 Å². The predicted molar refractivity (Wildman–Crippen MR) is 114 cm³/mol. The first-order chi connectivity index (χ1) is 13.7. The summed E-state index contributed by atoms with van der Waals surface area (Å²) in [5, 5.41) is 2.93. The summed E-state index contributed by atoms with van der Waals surface area (Å²) in [7, 11) is 0. The lowest BCUT2D eigenvalue weighted by Crippen LogP contribution is -2.46. The van der Waals surface area contributed by atoms with Crippen molar-refractivity contribution in [3.8, 4) is 0 Å². The quantitative estimate of drug-likeness (QED) is 0.817. The molecule has 0 saturated carbocycles. The van der Waals surface area contributed by atoms with Crippen LogP contribution in [-0.2, 0) is 4.79 Å². The zero-order valence-corrected chi connectivity index (χ0v) is 16.7. The minimum atomic E-state index is -0.0892. The van der Waals surface area contributed by atoms with Crippen LogP contribution < -0.4 is 10.2 Å². The molecule has 146 valence electrons. The third kappa shape index (κ3) is 4.17. The summed E-state index contributed by atoms with van der Waals surface area (Å²) in [5.74, 6) is 1.23. The molecule has 0 spiro atoms. The standard InChI is InChI=1S/C22H25N3O2S/c26-21(25-13-6-16-28-20-10-5-4-9-19(20)25)17-11-14-24(15-12-17)22(27)23-18-7-2-1-3-8-18/h1-5,7-10,17H,6,11-16H2,(H,23,27). The van der Waals surface area contributed by atoms with Gasteiger partial charge >= 0.3 is 6.03 Å². The number of likely N-dealkylation sites (tertiary alicyclic amines) is 1. The lowest BCUT2D eigenvalue weighted by Gasteiger charge is -2.34. The van der Waals surface area contributed by atoms with Crippen molar-refractivity contribution in [3.63, 3.8) is 0 Å². The fourth-order valence-corrected chi connectivity index (χ4v) is 4.82. The molecule has 4 rings (SSSR count). The fourth-order valence-electron chi connectivity index (χ4n) is 3.83. The van der Waals surface area contributed by atoms with Crippen molar-refractivity contribution in [2.24, 2.45) is 5.92 Å². The Labute approximate surface area is 170 Å². The van der Waals surface area contributed by atoms with Crippen molar-refractivity contribution in [3.05, 3.63) is 54.6 Å². The van der Waals surface area contributed by atoms with Gasteiger partial charge in [-0.2, -0.15) is 0 Å². The molecular formula is C22H25N3O2S. The largest absolute Gasteiger partial charge is 0.324 e. The first-order valence-corrected chi connectivity index (χ1v) is 10.8. The Morgan fingerprint density at radius 2 is 1.64 bits per heavy atom. The Morgan fingerprint density at radius 1 is 0.929 bits per heavy atom. The topological polar surface area (TPSA) is 52.7 Å². The van der Waals surface area contributed by atoms with Crippen molar-refractivity contribution < 1.29 is 9.59 Å². The van der Waals surface area contributed by atoms with Crippen LogP contribution in [0.2, 0.25) is 0 Å². The number of anilines is 2. The van der Waals surface area contributed by atoms with Crippen molar-refractivity contribution in [1.82, 2.24) is 4.90 Å². The van der Waals surface area contributed by atoms with Gasteiger partial charge in [-0.05, 0) is 49.3 Å². The van der Waals surface area contributed by atoms with E-state index in [1.807, 2.05) is 70.1 Å². The monoisotopic (exact) mass is 395 g/mol. The van der Waals surface area contributed by atoms with Crippen molar-refractivity contribution in [2.75, 3.05) is 35.6 Å². The molecule has 1 fully saturated rings. The molecule has 5 nitrogen and oxygen atoms in total. The fraction of sp³-hybridized carbons (Fsp3) is 0.364. The number of para-hydroxylation sites is 2. The van der Waals surface area contributed by atoms with Gasteiger partial charge in [0.2, 0.25) is 5.91 Å². The number of piperidine rings is 1. The number of benzene rings is 2. The molecule has 0 radical (unpaired) electrons. The maximum atomic E-state index is 13.2. The third-order valence-corrected chi connectivity index (χ3v) is 6.51. The molecular weight excluding hydrogens is 370 g/mol. The summed E-state index contributed by atoms with van der Waals surface area (Å²) in [5.41, 5.74) is 1.84. The van der Waals surface area contributed by atoms with Gasteiger partial charge in [0, 0.05) is 36.1 Å². The first-order valence-electron chi connectivity index (χ1n) is 9.86. The van der Waals surface area contributed by atoms with Gasteiger partial charge in [-0.25, -0.2) is 4.79 Å². The summed E-state index contributed by atoms with van der Waals surface area (Å²) in [6, 6.07) is 17.6.